The maximum absolute atomic E-state index is 12.4. The fourth-order valence-corrected chi connectivity index (χ4v) is 2.94. The van der Waals surface area contributed by atoms with E-state index in [-0.39, 0.29) is 6.03 Å². The molecule has 1 fully saturated rings. The molecule has 21 heavy (non-hydrogen) atoms. The van der Waals surface area contributed by atoms with Crippen LogP contribution in [-0.2, 0) is 0 Å². The highest BCUT2D eigenvalue weighted by Crippen LogP contribution is 2.22. The van der Waals surface area contributed by atoms with Crippen molar-refractivity contribution >= 4 is 11.7 Å². The summed E-state index contributed by atoms with van der Waals surface area (Å²) in [7, 11) is 0. The Morgan fingerprint density at radius 3 is 2.71 bits per heavy atom. The molecule has 1 aliphatic rings. The van der Waals surface area contributed by atoms with Gasteiger partial charge in [0.2, 0.25) is 0 Å². The van der Waals surface area contributed by atoms with Gasteiger partial charge in [0, 0.05) is 18.3 Å². The molecule has 1 aliphatic heterocycles. The van der Waals surface area contributed by atoms with Crippen molar-refractivity contribution in [2.45, 2.75) is 58.1 Å². The third kappa shape index (κ3) is 4.21. The second-order valence-corrected chi connectivity index (χ2v) is 5.86. The van der Waals surface area contributed by atoms with Crippen molar-refractivity contribution in [2.24, 2.45) is 0 Å². The number of carbonyl (C=O) groups excluding carboxylic acids is 1. The number of urea groups is 1. The number of anilines is 1. The first kappa shape index (κ1) is 15.8. The van der Waals surface area contributed by atoms with Crippen LogP contribution in [0.25, 0.3) is 0 Å². The second-order valence-electron chi connectivity index (χ2n) is 5.86. The molecule has 1 aromatic carbocycles. The standard InChI is InChI=1S/C17H26N2O2/c1-3-6-16-7-4-5-12-19(16)17(21)18-15-10-8-14(9-11-15)13(2)20/h8-11,13,16,20H,3-7,12H2,1-2H3,(H,18,21). The monoisotopic (exact) mass is 290 g/mol. The number of aliphatic hydroxyl groups is 1. The van der Waals surface area contributed by atoms with Gasteiger partial charge in [-0.2, -0.15) is 0 Å². The van der Waals surface area contributed by atoms with Crippen molar-refractivity contribution < 1.29 is 9.90 Å². The van der Waals surface area contributed by atoms with Crippen LogP contribution in [0.3, 0.4) is 0 Å². The zero-order chi connectivity index (χ0) is 15.2. The Kier molecular flexibility index (Phi) is 5.62. The van der Waals surface area contributed by atoms with E-state index in [1.54, 1.807) is 6.92 Å². The summed E-state index contributed by atoms with van der Waals surface area (Å²) in [4.78, 5) is 14.4. The molecule has 1 aromatic rings. The van der Waals surface area contributed by atoms with Crippen molar-refractivity contribution in [1.29, 1.82) is 0 Å². The molecule has 0 aliphatic carbocycles. The molecule has 4 heteroatoms. The number of hydrogen-bond donors (Lipinski definition) is 2. The summed E-state index contributed by atoms with van der Waals surface area (Å²) in [6.07, 6.45) is 5.13. The van der Waals surface area contributed by atoms with Gasteiger partial charge in [0.05, 0.1) is 6.10 Å². The van der Waals surface area contributed by atoms with Crippen LogP contribution in [0, 0.1) is 0 Å². The molecule has 0 spiro atoms. The smallest absolute Gasteiger partial charge is 0.322 e. The van der Waals surface area contributed by atoms with E-state index in [1.165, 1.54) is 6.42 Å². The van der Waals surface area contributed by atoms with Crippen molar-refractivity contribution in [3.05, 3.63) is 29.8 Å². The number of piperidine rings is 1. The van der Waals surface area contributed by atoms with Crippen LogP contribution in [0.5, 0.6) is 0 Å². The van der Waals surface area contributed by atoms with Crippen LogP contribution in [0.4, 0.5) is 10.5 Å². The number of rotatable bonds is 4. The minimum atomic E-state index is -0.481. The number of benzene rings is 1. The van der Waals surface area contributed by atoms with Crippen LogP contribution in [0.2, 0.25) is 0 Å². The van der Waals surface area contributed by atoms with Crippen LogP contribution in [0.15, 0.2) is 24.3 Å². The van der Waals surface area contributed by atoms with Gasteiger partial charge in [0.25, 0.3) is 0 Å². The molecule has 0 bridgehead atoms. The largest absolute Gasteiger partial charge is 0.389 e. The molecule has 2 amide bonds. The number of nitrogens with zero attached hydrogens (tertiary/aromatic N) is 1. The first-order valence-electron chi connectivity index (χ1n) is 7.97. The van der Waals surface area contributed by atoms with Gasteiger partial charge in [-0.1, -0.05) is 25.5 Å². The highest BCUT2D eigenvalue weighted by molar-refractivity contribution is 5.89. The van der Waals surface area contributed by atoms with Crippen LogP contribution < -0.4 is 5.32 Å². The summed E-state index contributed by atoms with van der Waals surface area (Å²) in [5, 5.41) is 12.5. The Hall–Kier alpha value is -1.55. The fraction of sp³-hybridized carbons (Fsp3) is 0.588. The van der Waals surface area contributed by atoms with Gasteiger partial charge in [-0.05, 0) is 50.3 Å². The van der Waals surface area contributed by atoms with E-state index in [4.69, 9.17) is 0 Å². The molecular formula is C17H26N2O2. The Bertz CT molecular complexity index is 454. The predicted molar refractivity (Wildman–Crippen MR) is 85.3 cm³/mol. The highest BCUT2D eigenvalue weighted by Gasteiger charge is 2.25. The number of carbonyl (C=O) groups is 1. The first-order chi connectivity index (χ1) is 10.1. The summed E-state index contributed by atoms with van der Waals surface area (Å²) in [6.45, 7) is 4.75. The third-order valence-electron chi connectivity index (χ3n) is 4.15. The summed E-state index contributed by atoms with van der Waals surface area (Å²) < 4.78 is 0. The SMILES string of the molecule is CCCC1CCCCN1C(=O)Nc1ccc(C(C)O)cc1. The van der Waals surface area contributed by atoms with Crippen molar-refractivity contribution in [3.8, 4) is 0 Å². The Balaban J connectivity index is 1.99. The average Bonchev–Trinajstić information content (AvgIpc) is 2.48. The quantitative estimate of drug-likeness (QED) is 0.883. The average molecular weight is 290 g/mol. The summed E-state index contributed by atoms with van der Waals surface area (Å²) in [5.74, 6) is 0. The molecule has 0 saturated carbocycles. The molecule has 2 unspecified atom stereocenters. The number of likely N-dealkylation sites (tertiary alicyclic amines) is 1. The maximum Gasteiger partial charge on any atom is 0.322 e. The lowest BCUT2D eigenvalue weighted by atomic mass is 9.99. The van der Waals surface area contributed by atoms with Gasteiger partial charge >= 0.3 is 6.03 Å². The minimum absolute atomic E-state index is 0.00190. The minimum Gasteiger partial charge on any atom is -0.389 e. The molecule has 2 rings (SSSR count). The van der Waals surface area contributed by atoms with Gasteiger partial charge in [-0.3, -0.25) is 0 Å². The Morgan fingerprint density at radius 2 is 2.10 bits per heavy atom. The topological polar surface area (TPSA) is 52.6 Å². The summed E-state index contributed by atoms with van der Waals surface area (Å²) in [5.41, 5.74) is 1.64. The third-order valence-corrected chi connectivity index (χ3v) is 4.15. The number of amides is 2. The van der Waals surface area contributed by atoms with Crippen molar-refractivity contribution in [1.82, 2.24) is 4.90 Å². The number of hydrogen-bond acceptors (Lipinski definition) is 2. The van der Waals surface area contributed by atoms with Crippen molar-refractivity contribution in [2.75, 3.05) is 11.9 Å². The number of aliphatic hydroxyl groups excluding tert-OH is 1. The lowest BCUT2D eigenvalue weighted by molar-refractivity contribution is 0.157. The Labute approximate surface area is 127 Å². The van der Waals surface area contributed by atoms with E-state index in [0.717, 1.165) is 43.5 Å². The van der Waals surface area contributed by atoms with Crippen LogP contribution in [0.1, 0.15) is 57.6 Å². The fourth-order valence-electron chi connectivity index (χ4n) is 2.94. The molecule has 2 atom stereocenters. The van der Waals surface area contributed by atoms with Gasteiger partial charge in [-0.25, -0.2) is 4.79 Å². The van der Waals surface area contributed by atoms with Gasteiger partial charge in [0.15, 0.2) is 0 Å². The van der Waals surface area contributed by atoms with E-state index in [1.807, 2.05) is 29.2 Å². The van der Waals surface area contributed by atoms with Crippen LogP contribution in [-0.4, -0.2) is 28.6 Å². The van der Waals surface area contributed by atoms with E-state index >= 15 is 0 Å². The molecule has 116 valence electrons. The molecule has 2 N–H and O–H groups in total. The highest BCUT2D eigenvalue weighted by atomic mass is 16.3. The lowest BCUT2D eigenvalue weighted by Gasteiger charge is -2.35. The molecule has 0 aromatic heterocycles. The molecule has 1 heterocycles. The van der Waals surface area contributed by atoms with E-state index in [0.29, 0.717) is 6.04 Å². The Morgan fingerprint density at radius 1 is 1.38 bits per heavy atom. The van der Waals surface area contributed by atoms with Gasteiger partial charge < -0.3 is 15.3 Å². The molecular weight excluding hydrogens is 264 g/mol. The zero-order valence-corrected chi connectivity index (χ0v) is 13.0. The molecule has 1 saturated heterocycles. The van der Waals surface area contributed by atoms with Gasteiger partial charge in [-0.15, -0.1) is 0 Å². The molecule has 4 nitrogen and oxygen atoms in total. The van der Waals surface area contributed by atoms with Crippen LogP contribution >= 0.6 is 0 Å². The summed E-state index contributed by atoms with van der Waals surface area (Å²) >= 11 is 0. The zero-order valence-electron chi connectivity index (χ0n) is 13.0. The normalized spacial score (nSPS) is 20.1. The summed E-state index contributed by atoms with van der Waals surface area (Å²) in [6, 6.07) is 7.76. The van der Waals surface area contributed by atoms with Gasteiger partial charge in [0.1, 0.15) is 0 Å². The lowest BCUT2D eigenvalue weighted by Crippen LogP contribution is -2.45. The number of nitrogens with one attached hydrogen (secondary N) is 1. The first-order valence-corrected chi connectivity index (χ1v) is 7.97. The second kappa shape index (κ2) is 7.46. The van der Waals surface area contributed by atoms with E-state index in [2.05, 4.69) is 12.2 Å². The molecule has 0 radical (unpaired) electrons. The van der Waals surface area contributed by atoms with E-state index < -0.39 is 6.10 Å². The maximum atomic E-state index is 12.4. The predicted octanol–water partition coefficient (Wildman–Crippen LogP) is 3.93. The van der Waals surface area contributed by atoms with Crippen molar-refractivity contribution in [3.63, 3.8) is 0 Å². The van der Waals surface area contributed by atoms with E-state index in [9.17, 15) is 9.90 Å².